The minimum absolute atomic E-state index is 0.182. The lowest BCUT2D eigenvalue weighted by atomic mass is 9.80. The van der Waals surface area contributed by atoms with Gasteiger partial charge in [0.25, 0.3) is 0 Å². The van der Waals surface area contributed by atoms with Crippen molar-refractivity contribution >= 4 is 5.91 Å². The van der Waals surface area contributed by atoms with Crippen LogP contribution in [0.3, 0.4) is 0 Å². The molecule has 0 aromatic heterocycles. The van der Waals surface area contributed by atoms with E-state index < -0.39 is 0 Å². The molecule has 1 amide bonds. The molecule has 4 heteroatoms. The smallest absolute Gasteiger partial charge is 0.229 e. The molecule has 2 fully saturated rings. The van der Waals surface area contributed by atoms with Crippen molar-refractivity contribution < 1.29 is 9.53 Å². The van der Waals surface area contributed by atoms with E-state index in [2.05, 4.69) is 17.6 Å². The number of carbonyl (C=O) groups is 1. The molecular formula is C16H30N2O2. The van der Waals surface area contributed by atoms with Crippen LogP contribution in [0.15, 0.2) is 0 Å². The topological polar surface area (TPSA) is 50.4 Å². The van der Waals surface area contributed by atoms with E-state index in [1.165, 1.54) is 32.1 Å². The Kier molecular flexibility index (Phi) is 5.85. The second-order valence-electron chi connectivity index (χ2n) is 6.65. The number of ether oxygens (including phenoxy) is 1. The molecule has 116 valence electrons. The molecule has 1 atom stereocenters. The molecular weight excluding hydrogens is 252 g/mol. The first-order valence-electron chi connectivity index (χ1n) is 8.18. The van der Waals surface area contributed by atoms with E-state index in [1.54, 1.807) is 7.11 Å². The minimum Gasteiger partial charge on any atom is -0.384 e. The Morgan fingerprint density at radius 3 is 2.55 bits per heavy atom. The van der Waals surface area contributed by atoms with Gasteiger partial charge in [-0.05, 0) is 37.6 Å². The van der Waals surface area contributed by atoms with Gasteiger partial charge < -0.3 is 15.4 Å². The van der Waals surface area contributed by atoms with Gasteiger partial charge in [-0.1, -0.05) is 26.2 Å². The van der Waals surface area contributed by atoms with Crippen LogP contribution in [0.1, 0.15) is 45.4 Å². The number of hydrogen-bond donors (Lipinski definition) is 2. The van der Waals surface area contributed by atoms with Crippen molar-refractivity contribution in [3.63, 3.8) is 0 Å². The average molecular weight is 282 g/mol. The molecule has 1 saturated carbocycles. The quantitative estimate of drug-likeness (QED) is 0.783. The Bertz CT molecular complexity index is 306. The summed E-state index contributed by atoms with van der Waals surface area (Å²) in [5.41, 5.74) is -0.338. The average Bonchev–Trinajstić information content (AvgIpc) is 2.95. The molecule has 0 radical (unpaired) electrons. The summed E-state index contributed by atoms with van der Waals surface area (Å²) in [6.07, 6.45) is 7.41. The first-order chi connectivity index (χ1) is 9.70. The monoisotopic (exact) mass is 282 g/mol. The fourth-order valence-electron chi connectivity index (χ4n) is 3.67. The van der Waals surface area contributed by atoms with Gasteiger partial charge in [0.15, 0.2) is 0 Å². The van der Waals surface area contributed by atoms with E-state index in [0.29, 0.717) is 12.5 Å². The van der Waals surface area contributed by atoms with Crippen molar-refractivity contribution in [3.05, 3.63) is 0 Å². The van der Waals surface area contributed by atoms with Crippen LogP contribution in [-0.4, -0.2) is 39.3 Å². The number of hydrogen-bond acceptors (Lipinski definition) is 3. The van der Waals surface area contributed by atoms with Crippen LogP contribution >= 0.6 is 0 Å². The number of carbonyl (C=O) groups excluding carboxylic acids is 1. The lowest BCUT2D eigenvalue weighted by Gasteiger charge is -2.30. The van der Waals surface area contributed by atoms with Crippen molar-refractivity contribution in [2.75, 3.05) is 33.4 Å². The molecule has 1 heterocycles. The Labute approximate surface area is 123 Å². The van der Waals surface area contributed by atoms with Gasteiger partial charge in [-0.2, -0.15) is 0 Å². The molecule has 0 aromatic rings. The zero-order valence-corrected chi connectivity index (χ0v) is 13.0. The Balaban J connectivity index is 1.77. The molecule has 0 bridgehead atoms. The van der Waals surface area contributed by atoms with Crippen LogP contribution in [0.25, 0.3) is 0 Å². The van der Waals surface area contributed by atoms with Crippen LogP contribution in [0.2, 0.25) is 0 Å². The second-order valence-corrected chi connectivity index (χ2v) is 6.65. The zero-order valence-electron chi connectivity index (χ0n) is 13.0. The molecule has 1 unspecified atom stereocenters. The lowest BCUT2D eigenvalue weighted by molar-refractivity contribution is -0.133. The molecule has 2 N–H and O–H groups in total. The maximum atomic E-state index is 12.5. The van der Waals surface area contributed by atoms with E-state index in [-0.39, 0.29) is 11.3 Å². The SMILES string of the molecule is CCC1CCC(CNC(=O)C2(COC)CCNC2)CC1. The molecule has 0 spiro atoms. The highest BCUT2D eigenvalue weighted by Crippen LogP contribution is 2.31. The van der Waals surface area contributed by atoms with Crippen molar-refractivity contribution in [3.8, 4) is 0 Å². The first-order valence-corrected chi connectivity index (χ1v) is 8.18. The van der Waals surface area contributed by atoms with Gasteiger partial charge in [-0.25, -0.2) is 0 Å². The number of methoxy groups -OCH3 is 1. The third-order valence-electron chi connectivity index (χ3n) is 5.24. The molecule has 0 aromatic carbocycles. The van der Waals surface area contributed by atoms with E-state index in [0.717, 1.165) is 32.0 Å². The molecule has 4 nitrogen and oxygen atoms in total. The third-order valence-corrected chi connectivity index (χ3v) is 5.24. The third kappa shape index (κ3) is 3.73. The summed E-state index contributed by atoms with van der Waals surface area (Å²) < 4.78 is 5.27. The fourth-order valence-corrected chi connectivity index (χ4v) is 3.67. The van der Waals surface area contributed by atoms with E-state index >= 15 is 0 Å². The van der Waals surface area contributed by atoms with Crippen LogP contribution in [-0.2, 0) is 9.53 Å². The maximum absolute atomic E-state index is 12.5. The van der Waals surface area contributed by atoms with Gasteiger partial charge in [0.2, 0.25) is 5.91 Å². The molecule has 1 aliphatic heterocycles. The van der Waals surface area contributed by atoms with Crippen molar-refractivity contribution in [1.82, 2.24) is 10.6 Å². The van der Waals surface area contributed by atoms with Crippen LogP contribution in [0.4, 0.5) is 0 Å². The minimum atomic E-state index is -0.338. The summed E-state index contributed by atoms with van der Waals surface area (Å²) in [4.78, 5) is 12.5. The van der Waals surface area contributed by atoms with E-state index in [4.69, 9.17) is 4.74 Å². The molecule has 1 saturated heterocycles. The first kappa shape index (κ1) is 15.8. The van der Waals surface area contributed by atoms with Crippen molar-refractivity contribution in [1.29, 1.82) is 0 Å². The van der Waals surface area contributed by atoms with Gasteiger partial charge in [-0.3, -0.25) is 4.79 Å². The lowest BCUT2D eigenvalue weighted by Crippen LogP contribution is -2.47. The molecule has 2 rings (SSSR count). The van der Waals surface area contributed by atoms with Crippen molar-refractivity contribution in [2.24, 2.45) is 17.3 Å². The van der Waals surface area contributed by atoms with Crippen LogP contribution in [0.5, 0.6) is 0 Å². The van der Waals surface area contributed by atoms with Gasteiger partial charge in [-0.15, -0.1) is 0 Å². The fraction of sp³-hybridized carbons (Fsp3) is 0.938. The molecule has 1 aliphatic carbocycles. The molecule has 2 aliphatic rings. The predicted molar refractivity (Wildman–Crippen MR) is 80.5 cm³/mol. The maximum Gasteiger partial charge on any atom is 0.229 e. The normalized spacial score (nSPS) is 34.1. The van der Waals surface area contributed by atoms with Gasteiger partial charge in [0.05, 0.1) is 12.0 Å². The highest BCUT2D eigenvalue weighted by atomic mass is 16.5. The summed E-state index contributed by atoms with van der Waals surface area (Å²) in [5.74, 6) is 1.78. The molecule has 20 heavy (non-hydrogen) atoms. The Morgan fingerprint density at radius 2 is 2.00 bits per heavy atom. The van der Waals surface area contributed by atoms with E-state index in [1.807, 2.05) is 0 Å². The summed E-state index contributed by atoms with van der Waals surface area (Å²) in [6.45, 7) is 5.32. The van der Waals surface area contributed by atoms with Crippen LogP contribution < -0.4 is 10.6 Å². The number of amides is 1. The standard InChI is InChI=1S/C16H30N2O2/c1-3-13-4-6-14(7-5-13)10-18-15(19)16(12-20-2)8-9-17-11-16/h13-14,17H,3-12H2,1-2H3,(H,18,19). The van der Waals surface area contributed by atoms with Gasteiger partial charge >= 0.3 is 0 Å². The van der Waals surface area contributed by atoms with Crippen LogP contribution in [0, 0.1) is 17.3 Å². The Hall–Kier alpha value is -0.610. The van der Waals surface area contributed by atoms with E-state index in [9.17, 15) is 4.79 Å². The highest BCUT2D eigenvalue weighted by Gasteiger charge is 2.41. The number of rotatable bonds is 6. The van der Waals surface area contributed by atoms with Gasteiger partial charge in [0, 0.05) is 20.2 Å². The van der Waals surface area contributed by atoms with Crippen molar-refractivity contribution in [2.45, 2.75) is 45.4 Å². The largest absolute Gasteiger partial charge is 0.384 e. The summed E-state index contributed by atoms with van der Waals surface area (Å²) in [7, 11) is 1.68. The summed E-state index contributed by atoms with van der Waals surface area (Å²) >= 11 is 0. The summed E-state index contributed by atoms with van der Waals surface area (Å²) in [5, 5.41) is 6.48. The zero-order chi connectivity index (χ0) is 14.4. The number of nitrogens with one attached hydrogen (secondary N) is 2. The highest BCUT2D eigenvalue weighted by molar-refractivity contribution is 5.83. The van der Waals surface area contributed by atoms with Gasteiger partial charge in [0.1, 0.15) is 0 Å². The predicted octanol–water partition coefficient (Wildman–Crippen LogP) is 1.95. The summed E-state index contributed by atoms with van der Waals surface area (Å²) in [6, 6.07) is 0. The second kappa shape index (κ2) is 7.41. The Morgan fingerprint density at radius 1 is 1.30 bits per heavy atom.